The van der Waals surface area contributed by atoms with E-state index in [1.54, 1.807) is 7.11 Å². The molecule has 0 radical (unpaired) electrons. The zero-order chi connectivity index (χ0) is 13.0. The van der Waals surface area contributed by atoms with Gasteiger partial charge in [-0.05, 0) is 36.5 Å². The molecule has 96 valence electrons. The third kappa shape index (κ3) is 2.81. The Morgan fingerprint density at radius 3 is 2.83 bits per heavy atom. The number of hydrogen-bond acceptors (Lipinski definition) is 2. The van der Waals surface area contributed by atoms with Gasteiger partial charge in [-0.1, -0.05) is 31.5 Å². The Bertz CT molecular complexity index is 460. The Hall–Kier alpha value is -1.57. The van der Waals surface area contributed by atoms with Gasteiger partial charge in [0.15, 0.2) is 5.78 Å². The molecule has 0 N–H and O–H groups in total. The molecule has 0 bridgehead atoms. The molecule has 1 unspecified atom stereocenters. The van der Waals surface area contributed by atoms with Crippen molar-refractivity contribution in [1.29, 1.82) is 0 Å². The van der Waals surface area contributed by atoms with Crippen molar-refractivity contribution in [2.24, 2.45) is 5.92 Å². The number of methoxy groups -OCH3 is 1. The van der Waals surface area contributed by atoms with Crippen molar-refractivity contribution in [2.75, 3.05) is 7.11 Å². The highest BCUT2D eigenvalue weighted by molar-refractivity contribution is 6.00. The molecule has 1 saturated carbocycles. The number of carbonyl (C=O) groups is 1. The fourth-order valence-corrected chi connectivity index (χ4v) is 2.47. The quantitative estimate of drug-likeness (QED) is 0.755. The van der Waals surface area contributed by atoms with Crippen LogP contribution >= 0.6 is 0 Å². The molecule has 1 aliphatic carbocycles. The molecule has 0 amide bonds. The molecule has 1 fully saturated rings. The molecule has 0 aromatic heterocycles. The van der Waals surface area contributed by atoms with E-state index in [4.69, 9.17) is 4.74 Å². The van der Waals surface area contributed by atoms with Crippen LogP contribution in [0.1, 0.15) is 38.2 Å². The van der Waals surface area contributed by atoms with Crippen LogP contribution in [0.15, 0.2) is 29.8 Å². The lowest BCUT2D eigenvalue weighted by Gasteiger charge is -2.21. The Labute approximate surface area is 109 Å². The molecule has 18 heavy (non-hydrogen) atoms. The van der Waals surface area contributed by atoms with E-state index in [0.29, 0.717) is 18.1 Å². The van der Waals surface area contributed by atoms with Crippen LogP contribution in [0.2, 0.25) is 0 Å². The van der Waals surface area contributed by atoms with Crippen LogP contribution in [0.4, 0.5) is 0 Å². The Kier molecular flexibility index (Phi) is 4.19. The van der Waals surface area contributed by atoms with Gasteiger partial charge in [0.2, 0.25) is 0 Å². The van der Waals surface area contributed by atoms with Gasteiger partial charge in [-0.2, -0.15) is 0 Å². The minimum atomic E-state index is 0.305. The van der Waals surface area contributed by atoms with Crippen LogP contribution in [0.25, 0.3) is 6.08 Å². The van der Waals surface area contributed by atoms with E-state index in [-0.39, 0.29) is 0 Å². The first-order valence-corrected chi connectivity index (χ1v) is 6.61. The lowest BCUT2D eigenvalue weighted by atomic mass is 9.83. The molecule has 2 rings (SSSR count). The SMILES string of the molecule is CCC1CC/C(=C/c2ccccc2OC)C(=O)C1. The Balaban J connectivity index is 2.21. The van der Waals surface area contributed by atoms with E-state index < -0.39 is 0 Å². The van der Waals surface area contributed by atoms with Gasteiger partial charge in [-0.25, -0.2) is 0 Å². The average molecular weight is 244 g/mol. The minimum absolute atomic E-state index is 0.305. The van der Waals surface area contributed by atoms with Gasteiger partial charge in [0.25, 0.3) is 0 Å². The summed E-state index contributed by atoms with van der Waals surface area (Å²) >= 11 is 0. The second kappa shape index (κ2) is 5.85. The van der Waals surface area contributed by atoms with E-state index in [1.807, 2.05) is 30.3 Å². The standard InChI is InChI=1S/C16H20O2/c1-3-12-8-9-13(15(17)10-12)11-14-6-4-5-7-16(14)18-2/h4-7,11-12H,3,8-10H2,1-2H3/b13-11-. The summed E-state index contributed by atoms with van der Waals surface area (Å²) in [5, 5.41) is 0. The van der Waals surface area contributed by atoms with Crippen LogP contribution in [-0.2, 0) is 4.79 Å². The van der Waals surface area contributed by atoms with E-state index >= 15 is 0 Å². The predicted molar refractivity (Wildman–Crippen MR) is 73.6 cm³/mol. The Morgan fingerprint density at radius 2 is 2.17 bits per heavy atom. The van der Waals surface area contributed by atoms with Crippen molar-refractivity contribution in [3.05, 3.63) is 35.4 Å². The molecule has 0 saturated heterocycles. The van der Waals surface area contributed by atoms with Crippen molar-refractivity contribution < 1.29 is 9.53 Å². The van der Waals surface area contributed by atoms with Gasteiger partial charge in [0, 0.05) is 12.0 Å². The molecule has 0 aliphatic heterocycles. The number of Topliss-reactive ketones (excluding diaryl/α,β-unsaturated/α-hetero) is 1. The lowest BCUT2D eigenvalue weighted by Crippen LogP contribution is -2.16. The molecule has 1 aromatic carbocycles. The summed E-state index contributed by atoms with van der Waals surface area (Å²) in [6.07, 6.45) is 5.83. The number of carbonyl (C=O) groups excluding carboxylic acids is 1. The number of ether oxygens (including phenoxy) is 1. The zero-order valence-electron chi connectivity index (χ0n) is 11.1. The maximum Gasteiger partial charge on any atom is 0.159 e. The van der Waals surface area contributed by atoms with Crippen molar-refractivity contribution in [2.45, 2.75) is 32.6 Å². The summed E-state index contributed by atoms with van der Waals surface area (Å²) in [4.78, 5) is 12.1. The third-order valence-electron chi connectivity index (χ3n) is 3.70. The maximum absolute atomic E-state index is 12.1. The maximum atomic E-state index is 12.1. The minimum Gasteiger partial charge on any atom is -0.496 e. The van der Waals surface area contributed by atoms with Gasteiger partial charge < -0.3 is 4.74 Å². The Morgan fingerprint density at radius 1 is 1.39 bits per heavy atom. The molecular weight excluding hydrogens is 224 g/mol. The smallest absolute Gasteiger partial charge is 0.159 e. The van der Waals surface area contributed by atoms with E-state index in [1.165, 1.54) is 0 Å². The first-order valence-electron chi connectivity index (χ1n) is 6.61. The first-order chi connectivity index (χ1) is 8.74. The van der Waals surface area contributed by atoms with Crippen molar-refractivity contribution >= 4 is 11.9 Å². The van der Waals surface area contributed by atoms with Gasteiger partial charge in [0.05, 0.1) is 7.11 Å². The fraction of sp³-hybridized carbons (Fsp3) is 0.438. The van der Waals surface area contributed by atoms with Gasteiger partial charge >= 0.3 is 0 Å². The molecule has 0 heterocycles. The second-order valence-electron chi connectivity index (χ2n) is 4.85. The summed E-state index contributed by atoms with van der Waals surface area (Å²) in [7, 11) is 1.66. The van der Waals surface area contributed by atoms with E-state index in [9.17, 15) is 4.79 Å². The van der Waals surface area contributed by atoms with Gasteiger partial charge in [0.1, 0.15) is 5.75 Å². The van der Waals surface area contributed by atoms with Crippen molar-refractivity contribution in [3.63, 3.8) is 0 Å². The average Bonchev–Trinajstić information content (AvgIpc) is 2.41. The zero-order valence-corrected chi connectivity index (χ0v) is 11.1. The van der Waals surface area contributed by atoms with Crippen molar-refractivity contribution in [1.82, 2.24) is 0 Å². The van der Waals surface area contributed by atoms with Crippen LogP contribution in [-0.4, -0.2) is 12.9 Å². The fourth-order valence-electron chi connectivity index (χ4n) is 2.47. The molecule has 0 spiro atoms. The summed E-state index contributed by atoms with van der Waals surface area (Å²) in [6.45, 7) is 2.16. The molecule has 1 aliphatic rings. The molecule has 2 heteroatoms. The summed E-state index contributed by atoms with van der Waals surface area (Å²) in [5.74, 6) is 1.71. The van der Waals surface area contributed by atoms with E-state index in [0.717, 1.165) is 36.1 Å². The molecular formula is C16H20O2. The number of rotatable bonds is 3. The van der Waals surface area contributed by atoms with Crippen LogP contribution in [0.3, 0.4) is 0 Å². The lowest BCUT2D eigenvalue weighted by molar-refractivity contribution is -0.117. The van der Waals surface area contributed by atoms with Crippen molar-refractivity contribution in [3.8, 4) is 5.75 Å². The van der Waals surface area contributed by atoms with Crippen LogP contribution in [0, 0.1) is 5.92 Å². The number of para-hydroxylation sites is 1. The normalized spacial score (nSPS) is 22.2. The van der Waals surface area contributed by atoms with Crippen LogP contribution < -0.4 is 4.74 Å². The highest BCUT2D eigenvalue weighted by atomic mass is 16.5. The largest absolute Gasteiger partial charge is 0.496 e. The first kappa shape index (κ1) is 12.9. The summed E-state index contributed by atoms with van der Waals surface area (Å²) < 4.78 is 5.31. The molecule has 1 atom stereocenters. The molecule has 1 aromatic rings. The number of hydrogen-bond donors (Lipinski definition) is 0. The number of ketones is 1. The topological polar surface area (TPSA) is 26.3 Å². The number of allylic oxidation sites excluding steroid dienone is 1. The van der Waals surface area contributed by atoms with E-state index in [2.05, 4.69) is 6.92 Å². The highest BCUT2D eigenvalue weighted by Gasteiger charge is 2.22. The monoisotopic (exact) mass is 244 g/mol. The number of benzene rings is 1. The van der Waals surface area contributed by atoms with Gasteiger partial charge in [-0.3, -0.25) is 4.79 Å². The van der Waals surface area contributed by atoms with Crippen LogP contribution in [0.5, 0.6) is 5.75 Å². The summed E-state index contributed by atoms with van der Waals surface area (Å²) in [6, 6.07) is 7.83. The van der Waals surface area contributed by atoms with Gasteiger partial charge in [-0.15, -0.1) is 0 Å². The molecule has 2 nitrogen and oxygen atoms in total. The predicted octanol–water partition coefficient (Wildman–Crippen LogP) is 3.86. The summed E-state index contributed by atoms with van der Waals surface area (Å²) in [5.41, 5.74) is 1.95. The highest BCUT2D eigenvalue weighted by Crippen LogP contribution is 2.30. The third-order valence-corrected chi connectivity index (χ3v) is 3.70. The second-order valence-corrected chi connectivity index (χ2v) is 4.85.